The monoisotopic (exact) mass is 426 g/mol. The number of rotatable bonds is 6. The molecule has 1 aliphatic heterocycles. The number of nitro benzene ring substituents is 1. The van der Waals surface area contributed by atoms with Crippen molar-refractivity contribution in [2.24, 2.45) is 0 Å². The van der Waals surface area contributed by atoms with Crippen LogP contribution in [0.25, 0.3) is 0 Å². The Morgan fingerprint density at radius 2 is 1.89 bits per heavy atom. The minimum absolute atomic E-state index is 0.0293. The third-order valence-corrected chi connectivity index (χ3v) is 6.62. The van der Waals surface area contributed by atoms with Gasteiger partial charge in [-0.2, -0.15) is 4.31 Å². The van der Waals surface area contributed by atoms with Crippen molar-refractivity contribution in [3.8, 4) is 5.75 Å². The maximum Gasteiger partial charge on any atom is 0.312 e. The first-order valence-corrected chi connectivity index (χ1v) is 10.4. The van der Waals surface area contributed by atoms with Crippen molar-refractivity contribution in [2.45, 2.75) is 17.9 Å². The molecule has 2 aromatic rings. The second-order valence-corrected chi connectivity index (χ2v) is 8.53. The predicted molar refractivity (Wildman–Crippen MR) is 103 cm³/mol. The zero-order chi connectivity index (χ0) is 20.3. The van der Waals surface area contributed by atoms with Crippen molar-refractivity contribution in [3.05, 3.63) is 63.2 Å². The van der Waals surface area contributed by atoms with E-state index in [0.29, 0.717) is 10.6 Å². The van der Waals surface area contributed by atoms with Gasteiger partial charge < -0.3 is 9.47 Å². The highest BCUT2D eigenvalue weighted by Crippen LogP contribution is 2.35. The smallest absolute Gasteiger partial charge is 0.312 e. The highest BCUT2D eigenvalue weighted by Gasteiger charge is 2.29. The molecule has 2 aromatic carbocycles. The van der Waals surface area contributed by atoms with Crippen molar-refractivity contribution in [1.29, 1.82) is 0 Å². The van der Waals surface area contributed by atoms with Gasteiger partial charge in [-0.3, -0.25) is 10.1 Å². The van der Waals surface area contributed by atoms with Crippen LogP contribution in [0.5, 0.6) is 5.75 Å². The average molecular weight is 427 g/mol. The summed E-state index contributed by atoms with van der Waals surface area (Å²) in [6.45, 7) is 2.70. The van der Waals surface area contributed by atoms with Gasteiger partial charge in [0.1, 0.15) is 6.10 Å². The Morgan fingerprint density at radius 1 is 1.21 bits per heavy atom. The lowest BCUT2D eigenvalue weighted by Gasteiger charge is -2.26. The summed E-state index contributed by atoms with van der Waals surface area (Å²) in [6.07, 6.45) is -0.561. The highest BCUT2D eigenvalue weighted by molar-refractivity contribution is 7.89. The fourth-order valence-corrected chi connectivity index (χ4v) is 4.61. The van der Waals surface area contributed by atoms with E-state index >= 15 is 0 Å². The maximum absolute atomic E-state index is 12.8. The van der Waals surface area contributed by atoms with Gasteiger partial charge in [0.25, 0.3) is 0 Å². The number of sulfonamides is 1. The molecule has 0 aliphatic carbocycles. The largest absolute Gasteiger partial charge is 0.479 e. The first-order chi connectivity index (χ1) is 13.3. The molecular formula is C18H19ClN2O6S. The number of nitro groups is 1. The van der Waals surface area contributed by atoms with Crippen LogP contribution in [0.2, 0.25) is 5.02 Å². The number of hydrogen-bond acceptors (Lipinski definition) is 6. The van der Waals surface area contributed by atoms with Gasteiger partial charge in [0.05, 0.1) is 23.0 Å². The Labute approximate surface area is 167 Å². The second kappa shape index (κ2) is 8.44. The van der Waals surface area contributed by atoms with Gasteiger partial charge in [-0.05, 0) is 25.1 Å². The fraction of sp³-hybridized carbons (Fsp3) is 0.333. The molecule has 1 saturated heterocycles. The standard InChI is InChI=1S/C18H19ClN2O6S/c1-13(15-4-2-3-5-16(15)19)27-18-7-6-14(12-17(18)21(22)23)28(24,25)20-8-10-26-11-9-20/h2-7,12-13H,8-11H2,1H3. The second-order valence-electron chi connectivity index (χ2n) is 6.18. The molecule has 1 unspecified atom stereocenters. The molecule has 10 heteroatoms. The van der Waals surface area contributed by atoms with Crippen LogP contribution in [-0.4, -0.2) is 43.9 Å². The van der Waals surface area contributed by atoms with Gasteiger partial charge in [0.2, 0.25) is 10.0 Å². The Balaban J connectivity index is 1.91. The molecule has 0 N–H and O–H groups in total. The molecule has 0 saturated carbocycles. The van der Waals surface area contributed by atoms with E-state index in [-0.39, 0.29) is 36.9 Å². The fourth-order valence-electron chi connectivity index (χ4n) is 2.89. The Bertz CT molecular complexity index is 976. The van der Waals surface area contributed by atoms with Crippen LogP contribution in [-0.2, 0) is 14.8 Å². The molecule has 8 nitrogen and oxygen atoms in total. The van der Waals surface area contributed by atoms with Gasteiger partial charge >= 0.3 is 5.69 Å². The summed E-state index contributed by atoms with van der Waals surface area (Å²) < 4.78 is 37.6. The van der Waals surface area contributed by atoms with Crippen LogP contribution in [0.4, 0.5) is 5.69 Å². The van der Waals surface area contributed by atoms with Gasteiger partial charge in [-0.1, -0.05) is 29.8 Å². The zero-order valence-corrected chi connectivity index (χ0v) is 16.6. The summed E-state index contributed by atoms with van der Waals surface area (Å²) in [4.78, 5) is 10.7. The van der Waals surface area contributed by atoms with E-state index in [1.54, 1.807) is 31.2 Å². The molecule has 0 bridgehead atoms. The lowest BCUT2D eigenvalue weighted by molar-refractivity contribution is -0.386. The van der Waals surface area contributed by atoms with E-state index in [1.807, 2.05) is 0 Å². The number of halogens is 1. The lowest BCUT2D eigenvalue weighted by Crippen LogP contribution is -2.40. The normalized spacial score (nSPS) is 16.5. The van der Waals surface area contributed by atoms with Gasteiger partial charge in [-0.25, -0.2) is 8.42 Å². The molecule has 1 aliphatic rings. The summed E-state index contributed by atoms with van der Waals surface area (Å²) in [5.74, 6) is -0.0293. The van der Waals surface area contributed by atoms with E-state index in [1.165, 1.54) is 16.4 Å². The van der Waals surface area contributed by atoms with Crippen molar-refractivity contribution in [2.75, 3.05) is 26.3 Å². The molecule has 0 spiro atoms. The van der Waals surface area contributed by atoms with Crippen LogP contribution in [0.3, 0.4) is 0 Å². The topological polar surface area (TPSA) is 99.0 Å². The van der Waals surface area contributed by atoms with E-state index in [0.717, 1.165) is 6.07 Å². The number of morpholine rings is 1. The van der Waals surface area contributed by atoms with E-state index in [9.17, 15) is 18.5 Å². The van der Waals surface area contributed by atoms with Crippen LogP contribution in [0.1, 0.15) is 18.6 Å². The number of benzene rings is 2. The van der Waals surface area contributed by atoms with Crippen molar-refractivity contribution in [1.82, 2.24) is 4.31 Å². The molecule has 3 rings (SSSR count). The third kappa shape index (κ3) is 4.27. The van der Waals surface area contributed by atoms with E-state index in [4.69, 9.17) is 21.1 Å². The molecule has 1 heterocycles. The minimum atomic E-state index is -3.85. The number of hydrogen-bond donors (Lipinski definition) is 0. The molecule has 1 atom stereocenters. The van der Waals surface area contributed by atoms with E-state index < -0.39 is 26.7 Å². The molecule has 0 aromatic heterocycles. The number of ether oxygens (including phenoxy) is 2. The van der Waals surface area contributed by atoms with Crippen molar-refractivity contribution < 1.29 is 22.8 Å². The summed E-state index contributed by atoms with van der Waals surface area (Å²) in [5, 5.41) is 12.0. The quantitative estimate of drug-likeness (QED) is 0.518. The van der Waals surface area contributed by atoms with Gasteiger partial charge in [-0.15, -0.1) is 0 Å². The van der Waals surface area contributed by atoms with E-state index in [2.05, 4.69) is 0 Å². The molecule has 28 heavy (non-hydrogen) atoms. The molecule has 0 radical (unpaired) electrons. The summed E-state index contributed by atoms with van der Waals surface area (Å²) in [6, 6.07) is 10.7. The van der Waals surface area contributed by atoms with Crippen molar-refractivity contribution in [3.63, 3.8) is 0 Å². The Morgan fingerprint density at radius 3 is 2.54 bits per heavy atom. The first-order valence-electron chi connectivity index (χ1n) is 8.58. The zero-order valence-electron chi connectivity index (χ0n) is 15.1. The minimum Gasteiger partial charge on any atom is -0.479 e. The molecule has 1 fully saturated rings. The lowest BCUT2D eigenvalue weighted by atomic mass is 10.1. The third-order valence-electron chi connectivity index (χ3n) is 4.38. The summed E-state index contributed by atoms with van der Waals surface area (Å²) in [5.41, 5.74) is 0.247. The van der Waals surface area contributed by atoms with Crippen LogP contribution >= 0.6 is 11.6 Å². The predicted octanol–water partition coefficient (Wildman–Crippen LogP) is 3.41. The number of nitrogens with zero attached hydrogens (tertiary/aromatic N) is 2. The average Bonchev–Trinajstić information content (AvgIpc) is 2.69. The first kappa shape index (κ1) is 20.5. The molecular weight excluding hydrogens is 408 g/mol. The molecule has 0 amide bonds. The van der Waals surface area contributed by atoms with Crippen LogP contribution < -0.4 is 4.74 Å². The van der Waals surface area contributed by atoms with Gasteiger partial charge in [0.15, 0.2) is 5.75 Å². The summed E-state index contributed by atoms with van der Waals surface area (Å²) in [7, 11) is -3.85. The van der Waals surface area contributed by atoms with Crippen LogP contribution in [0.15, 0.2) is 47.4 Å². The Kier molecular flexibility index (Phi) is 6.19. The highest BCUT2D eigenvalue weighted by atomic mass is 35.5. The SMILES string of the molecule is CC(Oc1ccc(S(=O)(=O)N2CCOCC2)cc1[N+](=O)[O-])c1ccccc1Cl. The summed E-state index contributed by atoms with van der Waals surface area (Å²) >= 11 is 6.15. The van der Waals surface area contributed by atoms with Crippen molar-refractivity contribution >= 4 is 27.3 Å². The Hall–Kier alpha value is -2.20. The van der Waals surface area contributed by atoms with Crippen LogP contribution in [0, 0.1) is 10.1 Å². The maximum atomic E-state index is 12.8. The molecule has 150 valence electrons. The van der Waals surface area contributed by atoms with Gasteiger partial charge in [0, 0.05) is 29.7 Å².